The lowest BCUT2D eigenvalue weighted by molar-refractivity contribution is 0.0869. The van der Waals surface area contributed by atoms with Gasteiger partial charge in [0.1, 0.15) is 0 Å². The molecule has 0 aliphatic heterocycles. The molecule has 1 aromatic carbocycles. The van der Waals surface area contributed by atoms with Crippen LogP contribution in [0.25, 0.3) is 0 Å². The molecule has 1 rings (SSSR count). The van der Waals surface area contributed by atoms with Gasteiger partial charge >= 0.3 is 0 Å². The molecule has 0 fully saturated rings. The van der Waals surface area contributed by atoms with Crippen LogP contribution in [0.2, 0.25) is 0 Å². The van der Waals surface area contributed by atoms with Gasteiger partial charge in [-0.2, -0.15) is 0 Å². The number of aliphatic hydroxyl groups is 2. The van der Waals surface area contributed by atoms with Gasteiger partial charge < -0.3 is 20.3 Å². The molecule has 0 aliphatic rings. The van der Waals surface area contributed by atoms with Crippen LogP contribution in [-0.4, -0.2) is 42.6 Å². The minimum absolute atomic E-state index is 0.210. The van der Waals surface area contributed by atoms with Gasteiger partial charge in [0.25, 0.3) is 0 Å². The second kappa shape index (κ2) is 8.24. The van der Waals surface area contributed by atoms with E-state index in [1.807, 2.05) is 30.3 Å². The largest absolute Gasteiger partial charge is 0.394 e. The fourth-order valence-corrected chi connectivity index (χ4v) is 1.24. The van der Waals surface area contributed by atoms with Crippen molar-refractivity contribution in [2.24, 2.45) is 0 Å². The minimum atomic E-state index is -0.686. The number of nitrogens with one attached hydrogen (secondary N) is 1. The Morgan fingerprint density at radius 2 is 2.00 bits per heavy atom. The SMILES string of the molecule is OCC(O)CNCCOCc1ccccc1. The number of aliphatic hydroxyl groups excluding tert-OH is 2. The molecule has 3 N–H and O–H groups in total. The van der Waals surface area contributed by atoms with E-state index in [-0.39, 0.29) is 6.61 Å². The first-order valence-corrected chi connectivity index (χ1v) is 5.44. The molecule has 0 radical (unpaired) electrons. The zero-order valence-corrected chi connectivity index (χ0v) is 9.30. The van der Waals surface area contributed by atoms with E-state index in [1.165, 1.54) is 0 Å². The standard InChI is InChI=1S/C12H19NO3/c14-9-12(15)8-13-6-7-16-10-11-4-2-1-3-5-11/h1-5,12-15H,6-10H2. The molecule has 1 unspecified atom stereocenters. The third kappa shape index (κ3) is 5.82. The zero-order chi connectivity index (χ0) is 11.6. The molecule has 90 valence electrons. The monoisotopic (exact) mass is 225 g/mol. The van der Waals surface area contributed by atoms with E-state index >= 15 is 0 Å². The summed E-state index contributed by atoms with van der Waals surface area (Å²) in [5.41, 5.74) is 1.15. The Balaban J connectivity index is 1.96. The lowest BCUT2D eigenvalue weighted by atomic mass is 10.2. The van der Waals surface area contributed by atoms with E-state index in [9.17, 15) is 0 Å². The van der Waals surface area contributed by atoms with Crippen LogP contribution >= 0.6 is 0 Å². The van der Waals surface area contributed by atoms with E-state index in [0.717, 1.165) is 5.56 Å². The average Bonchev–Trinajstić information content (AvgIpc) is 2.34. The van der Waals surface area contributed by atoms with Gasteiger partial charge in [0.15, 0.2) is 0 Å². The highest BCUT2D eigenvalue weighted by atomic mass is 16.5. The Kier molecular flexibility index (Phi) is 6.76. The van der Waals surface area contributed by atoms with Crippen molar-refractivity contribution >= 4 is 0 Å². The molecule has 4 nitrogen and oxygen atoms in total. The molecule has 16 heavy (non-hydrogen) atoms. The van der Waals surface area contributed by atoms with E-state index in [2.05, 4.69) is 5.32 Å². The second-order valence-corrected chi connectivity index (χ2v) is 3.58. The molecule has 1 atom stereocenters. The lowest BCUT2D eigenvalue weighted by Gasteiger charge is -2.09. The first kappa shape index (κ1) is 13.1. The van der Waals surface area contributed by atoms with Crippen LogP contribution in [0.5, 0.6) is 0 Å². The molecule has 0 spiro atoms. The molecule has 0 amide bonds. The van der Waals surface area contributed by atoms with Crippen LogP contribution in [0, 0.1) is 0 Å². The van der Waals surface area contributed by atoms with E-state index < -0.39 is 6.10 Å². The van der Waals surface area contributed by atoms with Crippen LogP contribution in [0.1, 0.15) is 5.56 Å². The lowest BCUT2D eigenvalue weighted by Crippen LogP contribution is -2.31. The number of ether oxygens (including phenoxy) is 1. The molecular formula is C12H19NO3. The summed E-state index contributed by atoms with van der Waals surface area (Å²) in [4.78, 5) is 0. The Morgan fingerprint density at radius 3 is 2.69 bits per heavy atom. The van der Waals surface area contributed by atoms with Gasteiger partial charge in [-0.15, -0.1) is 0 Å². The summed E-state index contributed by atoms with van der Waals surface area (Å²) >= 11 is 0. The third-order valence-corrected chi connectivity index (χ3v) is 2.13. The van der Waals surface area contributed by atoms with Crippen molar-refractivity contribution in [3.8, 4) is 0 Å². The van der Waals surface area contributed by atoms with Gasteiger partial charge in [0.05, 0.1) is 25.9 Å². The number of rotatable bonds is 8. The summed E-state index contributed by atoms with van der Waals surface area (Å²) in [7, 11) is 0. The average molecular weight is 225 g/mol. The molecule has 0 saturated heterocycles. The van der Waals surface area contributed by atoms with Crippen LogP contribution in [0.4, 0.5) is 0 Å². The van der Waals surface area contributed by atoms with Crippen molar-refractivity contribution in [3.05, 3.63) is 35.9 Å². The highest BCUT2D eigenvalue weighted by Gasteiger charge is 1.99. The first-order valence-electron chi connectivity index (χ1n) is 5.44. The van der Waals surface area contributed by atoms with Crippen molar-refractivity contribution in [1.29, 1.82) is 0 Å². The minimum Gasteiger partial charge on any atom is -0.394 e. The van der Waals surface area contributed by atoms with Gasteiger partial charge in [0, 0.05) is 13.1 Å². The van der Waals surface area contributed by atoms with Crippen LogP contribution < -0.4 is 5.32 Å². The maximum Gasteiger partial charge on any atom is 0.0894 e. The van der Waals surface area contributed by atoms with Crippen LogP contribution in [0.15, 0.2) is 30.3 Å². The van der Waals surface area contributed by atoms with Crippen molar-refractivity contribution in [1.82, 2.24) is 5.32 Å². The van der Waals surface area contributed by atoms with Gasteiger partial charge in [-0.3, -0.25) is 0 Å². The van der Waals surface area contributed by atoms with E-state index in [4.69, 9.17) is 14.9 Å². The molecule has 0 aromatic heterocycles. The Labute approximate surface area is 95.9 Å². The van der Waals surface area contributed by atoms with Gasteiger partial charge in [-0.25, -0.2) is 0 Å². The molecular weight excluding hydrogens is 206 g/mol. The first-order chi connectivity index (χ1) is 7.83. The number of benzene rings is 1. The van der Waals surface area contributed by atoms with Gasteiger partial charge in [-0.1, -0.05) is 30.3 Å². The smallest absolute Gasteiger partial charge is 0.0894 e. The fourth-order valence-electron chi connectivity index (χ4n) is 1.24. The third-order valence-electron chi connectivity index (χ3n) is 2.13. The van der Waals surface area contributed by atoms with Crippen molar-refractivity contribution in [2.45, 2.75) is 12.7 Å². The summed E-state index contributed by atoms with van der Waals surface area (Å²) in [6.07, 6.45) is -0.686. The zero-order valence-electron chi connectivity index (χ0n) is 9.30. The predicted octanol–water partition coefficient (Wildman–Crippen LogP) is 0.146. The normalized spacial score (nSPS) is 12.6. The van der Waals surface area contributed by atoms with Crippen molar-refractivity contribution in [3.63, 3.8) is 0 Å². The molecule has 0 heterocycles. The fraction of sp³-hybridized carbons (Fsp3) is 0.500. The predicted molar refractivity (Wildman–Crippen MR) is 62.1 cm³/mol. The number of hydrogen-bond donors (Lipinski definition) is 3. The molecule has 1 aromatic rings. The van der Waals surface area contributed by atoms with E-state index in [1.54, 1.807) is 0 Å². The molecule has 4 heteroatoms. The number of hydrogen-bond acceptors (Lipinski definition) is 4. The Hall–Kier alpha value is -0.940. The van der Waals surface area contributed by atoms with Crippen molar-refractivity contribution < 1.29 is 14.9 Å². The maximum absolute atomic E-state index is 9.04. The summed E-state index contributed by atoms with van der Waals surface area (Å²) in [5.74, 6) is 0. The summed E-state index contributed by atoms with van der Waals surface area (Å²) in [6.45, 7) is 2.05. The molecule has 0 bridgehead atoms. The highest BCUT2D eigenvalue weighted by molar-refractivity contribution is 5.13. The topological polar surface area (TPSA) is 61.7 Å². The van der Waals surface area contributed by atoms with Crippen molar-refractivity contribution in [2.75, 3.05) is 26.3 Å². The van der Waals surface area contributed by atoms with Crippen LogP contribution in [0.3, 0.4) is 0 Å². The molecule has 0 saturated carbocycles. The van der Waals surface area contributed by atoms with Crippen LogP contribution in [-0.2, 0) is 11.3 Å². The Morgan fingerprint density at radius 1 is 1.25 bits per heavy atom. The second-order valence-electron chi connectivity index (χ2n) is 3.58. The Bertz CT molecular complexity index is 266. The quantitative estimate of drug-likeness (QED) is 0.551. The molecule has 0 aliphatic carbocycles. The highest BCUT2D eigenvalue weighted by Crippen LogP contribution is 1.99. The summed E-state index contributed by atoms with van der Waals surface area (Å²) in [5, 5.41) is 20.6. The van der Waals surface area contributed by atoms with E-state index in [0.29, 0.717) is 26.3 Å². The van der Waals surface area contributed by atoms with Gasteiger partial charge in [-0.05, 0) is 5.56 Å². The summed E-state index contributed by atoms with van der Waals surface area (Å²) < 4.78 is 5.43. The van der Waals surface area contributed by atoms with Gasteiger partial charge in [0.2, 0.25) is 0 Å². The summed E-state index contributed by atoms with van der Waals surface area (Å²) in [6, 6.07) is 9.97. The maximum atomic E-state index is 9.04.